The van der Waals surface area contributed by atoms with Gasteiger partial charge in [-0.05, 0) is 42.0 Å². The van der Waals surface area contributed by atoms with Crippen LogP contribution in [0, 0.1) is 0 Å². The fourth-order valence-electron chi connectivity index (χ4n) is 3.19. The zero-order valence-electron chi connectivity index (χ0n) is 14.9. The summed E-state index contributed by atoms with van der Waals surface area (Å²) in [6.07, 6.45) is 0. The molecule has 2 atom stereocenters. The molecule has 0 saturated carbocycles. The minimum atomic E-state index is -0.0250. The number of hydrazine groups is 1. The molecule has 0 radical (unpaired) electrons. The number of hydrogen-bond acceptors (Lipinski definition) is 7. The SMILES string of the molecule is COc1ccc(C2NNCC2c2nc(-c3ccc(Br)cc3)no2)cc1OC. The van der Waals surface area contributed by atoms with Crippen molar-refractivity contribution < 1.29 is 14.0 Å². The van der Waals surface area contributed by atoms with Gasteiger partial charge in [0.15, 0.2) is 11.5 Å². The quantitative estimate of drug-likeness (QED) is 0.641. The van der Waals surface area contributed by atoms with Gasteiger partial charge in [0.25, 0.3) is 0 Å². The molecule has 8 heteroatoms. The van der Waals surface area contributed by atoms with Gasteiger partial charge in [0, 0.05) is 16.6 Å². The Morgan fingerprint density at radius 2 is 1.85 bits per heavy atom. The molecule has 1 aliphatic heterocycles. The Kier molecular flexibility index (Phi) is 5.11. The number of benzene rings is 2. The average molecular weight is 431 g/mol. The van der Waals surface area contributed by atoms with Crippen molar-refractivity contribution in [2.75, 3.05) is 20.8 Å². The van der Waals surface area contributed by atoms with Crippen molar-refractivity contribution in [1.29, 1.82) is 0 Å². The fourth-order valence-corrected chi connectivity index (χ4v) is 3.46. The maximum absolute atomic E-state index is 5.58. The number of hydrogen-bond donors (Lipinski definition) is 2. The van der Waals surface area contributed by atoms with Crippen LogP contribution in [-0.4, -0.2) is 30.9 Å². The monoisotopic (exact) mass is 430 g/mol. The molecule has 4 rings (SSSR count). The summed E-state index contributed by atoms with van der Waals surface area (Å²) in [7, 11) is 3.25. The number of halogens is 1. The van der Waals surface area contributed by atoms with E-state index < -0.39 is 0 Å². The highest BCUT2D eigenvalue weighted by atomic mass is 79.9. The van der Waals surface area contributed by atoms with E-state index in [-0.39, 0.29) is 12.0 Å². The summed E-state index contributed by atoms with van der Waals surface area (Å²) in [5.41, 5.74) is 8.43. The highest BCUT2D eigenvalue weighted by Gasteiger charge is 2.34. The number of nitrogens with one attached hydrogen (secondary N) is 2. The Balaban J connectivity index is 1.61. The normalized spacial score (nSPS) is 19.2. The van der Waals surface area contributed by atoms with Crippen molar-refractivity contribution >= 4 is 15.9 Å². The molecule has 0 bridgehead atoms. The number of ether oxygens (including phenoxy) is 2. The zero-order chi connectivity index (χ0) is 18.8. The Hall–Kier alpha value is -2.42. The molecule has 0 aliphatic carbocycles. The van der Waals surface area contributed by atoms with E-state index in [9.17, 15) is 0 Å². The first-order valence-corrected chi connectivity index (χ1v) is 9.28. The van der Waals surface area contributed by atoms with E-state index in [1.165, 1.54) is 0 Å². The van der Waals surface area contributed by atoms with E-state index in [1.807, 2.05) is 42.5 Å². The summed E-state index contributed by atoms with van der Waals surface area (Å²) in [5.74, 6) is 2.54. The van der Waals surface area contributed by atoms with Gasteiger partial charge in [-0.2, -0.15) is 4.98 Å². The van der Waals surface area contributed by atoms with Gasteiger partial charge in [-0.15, -0.1) is 0 Å². The van der Waals surface area contributed by atoms with Gasteiger partial charge >= 0.3 is 0 Å². The highest BCUT2D eigenvalue weighted by molar-refractivity contribution is 9.10. The molecule has 3 aromatic rings. The Morgan fingerprint density at radius 3 is 2.59 bits per heavy atom. The van der Waals surface area contributed by atoms with Gasteiger partial charge in [-0.25, -0.2) is 5.43 Å². The zero-order valence-corrected chi connectivity index (χ0v) is 16.5. The summed E-state index contributed by atoms with van der Waals surface area (Å²) in [5, 5.41) is 4.15. The van der Waals surface area contributed by atoms with Crippen LogP contribution in [0.1, 0.15) is 23.4 Å². The molecule has 1 fully saturated rings. The van der Waals surface area contributed by atoms with Crippen LogP contribution in [0.4, 0.5) is 0 Å². The first-order chi connectivity index (χ1) is 13.2. The van der Waals surface area contributed by atoms with Crippen LogP contribution in [0.2, 0.25) is 0 Å². The molecule has 7 nitrogen and oxygen atoms in total. The van der Waals surface area contributed by atoms with E-state index >= 15 is 0 Å². The van der Waals surface area contributed by atoms with E-state index in [0.717, 1.165) is 15.6 Å². The molecule has 1 aliphatic rings. The number of rotatable bonds is 5. The molecule has 2 aromatic carbocycles. The molecule has 2 unspecified atom stereocenters. The Labute approximate surface area is 165 Å². The summed E-state index contributed by atoms with van der Waals surface area (Å²) >= 11 is 3.43. The summed E-state index contributed by atoms with van der Waals surface area (Å²) in [6.45, 7) is 0.682. The van der Waals surface area contributed by atoms with Crippen LogP contribution in [-0.2, 0) is 0 Å². The third-order valence-electron chi connectivity index (χ3n) is 4.61. The van der Waals surface area contributed by atoms with Crippen LogP contribution >= 0.6 is 15.9 Å². The first kappa shape index (κ1) is 18.0. The third-order valence-corrected chi connectivity index (χ3v) is 5.14. The minimum Gasteiger partial charge on any atom is -0.493 e. The second-order valence-corrected chi connectivity index (χ2v) is 7.10. The van der Waals surface area contributed by atoms with E-state index in [2.05, 4.69) is 36.9 Å². The van der Waals surface area contributed by atoms with Crippen LogP contribution in [0.5, 0.6) is 11.5 Å². The molecule has 27 heavy (non-hydrogen) atoms. The highest BCUT2D eigenvalue weighted by Crippen LogP contribution is 2.37. The van der Waals surface area contributed by atoms with Crippen LogP contribution in [0.15, 0.2) is 51.5 Å². The van der Waals surface area contributed by atoms with Crippen LogP contribution < -0.4 is 20.3 Å². The van der Waals surface area contributed by atoms with Crippen molar-refractivity contribution in [3.05, 3.63) is 58.4 Å². The smallest absolute Gasteiger partial charge is 0.233 e. The van der Waals surface area contributed by atoms with Crippen molar-refractivity contribution in [3.63, 3.8) is 0 Å². The Morgan fingerprint density at radius 1 is 1.07 bits per heavy atom. The van der Waals surface area contributed by atoms with Gasteiger partial charge in [0.1, 0.15) is 0 Å². The van der Waals surface area contributed by atoms with Gasteiger partial charge in [-0.1, -0.05) is 27.2 Å². The maximum Gasteiger partial charge on any atom is 0.233 e. The van der Waals surface area contributed by atoms with Crippen molar-refractivity contribution in [3.8, 4) is 22.9 Å². The standard InChI is InChI=1S/C19H19BrN4O3/c1-25-15-8-5-12(9-16(15)26-2)17-14(10-21-23-17)19-22-18(24-27-19)11-3-6-13(20)7-4-11/h3-9,14,17,21,23H,10H2,1-2H3. The lowest BCUT2D eigenvalue weighted by atomic mass is 9.94. The lowest BCUT2D eigenvalue weighted by Gasteiger charge is -2.17. The van der Waals surface area contributed by atoms with E-state index in [0.29, 0.717) is 29.8 Å². The molecule has 0 spiro atoms. The number of nitrogens with zero attached hydrogens (tertiary/aromatic N) is 2. The second kappa shape index (κ2) is 7.67. The Bertz CT molecular complexity index is 929. The average Bonchev–Trinajstić information content (AvgIpc) is 3.37. The number of methoxy groups -OCH3 is 2. The molecule has 1 aromatic heterocycles. The van der Waals surface area contributed by atoms with Gasteiger partial charge in [0.05, 0.1) is 26.2 Å². The topological polar surface area (TPSA) is 81.4 Å². The number of aromatic nitrogens is 2. The first-order valence-electron chi connectivity index (χ1n) is 8.49. The van der Waals surface area contributed by atoms with Gasteiger partial charge in [-0.3, -0.25) is 5.43 Å². The molecule has 140 valence electrons. The lowest BCUT2D eigenvalue weighted by molar-refractivity contribution is 0.343. The van der Waals surface area contributed by atoms with Crippen molar-refractivity contribution in [1.82, 2.24) is 21.0 Å². The molecule has 1 saturated heterocycles. The fraction of sp³-hybridized carbons (Fsp3) is 0.263. The summed E-state index contributed by atoms with van der Waals surface area (Å²) in [6, 6.07) is 13.7. The minimum absolute atomic E-state index is 0.000186. The summed E-state index contributed by atoms with van der Waals surface area (Å²) in [4.78, 5) is 4.62. The molecular weight excluding hydrogens is 412 g/mol. The summed E-state index contributed by atoms with van der Waals surface area (Å²) < 4.78 is 17.3. The molecule has 2 heterocycles. The molecular formula is C19H19BrN4O3. The van der Waals surface area contributed by atoms with Crippen molar-refractivity contribution in [2.45, 2.75) is 12.0 Å². The van der Waals surface area contributed by atoms with Crippen LogP contribution in [0.3, 0.4) is 0 Å². The van der Waals surface area contributed by atoms with Gasteiger partial charge < -0.3 is 14.0 Å². The largest absolute Gasteiger partial charge is 0.493 e. The predicted molar refractivity (Wildman–Crippen MR) is 104 cm³/mol. The van der Waals surface area contributed by atoms with Crippen molar-refractivity contribution in [2.24, 2.45) is 0 Å². The third kappa shape index (κ3) is 3.55. The van der Waals surface area contributed by atoms with E-state index in [4.69, 9.17) is 14.0 Å². The molecule has 0 amide bonds. The van der Waals surface area contributed by atoms with Crippen LogP contribution in [0.25, 0.3) is 11.4 Å². The predicted octanol–water partition coefficient (Wildman–Crippen LogP) is 3.45. The van der Waals surface area contributed by atoms with Gasteiger partial charge in [0.2, 0.25) is 11.7 Å². The lowest BCUT2D eigenvalue weighted by Crippen LogP contribution is -2.24. The molecule has 2 N–H and O–H groups in total. The van der Waals surface area contributed by atoms with E-state index in [1.54, 1.807) is 14.2 Å². The second-order valence-electron chi connectivity index (χ2n) is 6.19. The maximum atomic E-state index is 5.58.